The van der Waals surface area contributed by atoms with Crippen molar-refractivity contribution in [3.8, 4) is 5.75 Å². The number of nitrogens with zero attached hydrogens (tertiary/aromatic N) is 3. The van der Waals surface area contributed by atoms with Crippen LogP contribution >= 0.6 is 0 Å². The van der Waals surface area contributed by atoms with Crippen molar-refractivity contribution >= 4 is 28.6 Å². The fourth-order valence-electron chi connectivity index (χ4n) is 4.63. The van der Waals surface area contributed by atoms with Crippen molar-refractivity contribution in [3.63, 3.8) is 0 Å². The van der Waals surface area contributed by atoms with Crippen LogP contribution < -0.4 is 15.4 Å². The first-order valence-corrected chi connectivity index (χ1v) is 12.9. The molecule has 5 rings (SSSR count). The standard InChI is InChI=1S/C29H31N5O4/c1-34-18-22-9-8-21(17-25(22)33-34)28(35)32-26(29(36)37)16-19-6-12-24(13-7-19)38-15-3-5-23-11-10-20-4-2-14-30-27(20)31-23/h6-13,17-18,26H,2-5,14-16H2,1H3,(H,30,31)(H,32,35)(H,36,37). The first-order valence-electron chi connectivity index (χ1n) is 12.9. The van der Waals surface area contributed by atoms with Gasteiger partial charge in [-0.1, -0.05) is 24.3 Å². The Labute approximate surface area is 220 Å². The molecule has 0 saturated carbocycles. The Morgan fingerprint density at radius 3 is 2.82 bits per heavy atom. The van der Waals surface area contributed by atoms with Gasteiger partial charge in [0.1, 0.15) is 17.6 Å². The molecule has 0 aliphatic carbocycles. The molecule has 1 aliphatic rings. The van der Waals surface area contributed by atoms with Gasteiger partial charge < -0.3 is 20.5 Å². The molecule has 1 amide bonds. The molecule has 0 radical (unpaired) electrons. The Kier molecular flexibility index (Phi) is 7.53. The highest BCUT2D eigenvalue weighted by atomic mass is 16.5. The second-order valence-electron chi connectivity index (χ2n) is 9.58. The smallest absolute Gasteiger partial charge is 0.326 e. The first-order chi connectivity index (χ1) is 18.4. The number of carboxylic acid groups (broad SMARTS) is 1. The zero-order valence-corrected chi connectivity index (χ0v) is 21.3. The van der Waals surface area contributed by atoms with Crippen molar-refractivity contribution in [2.45, 2.75) is 38.1 Å². The van der Waals surface area contributed by atoms with Crippen LogP contribution in [0.3, 0.4) is 0 Å². The van der Waals surface area contributed by atoms with Crippen LogP contribution in [0.1, 0.15) is 40.0 Å². The van der Waals surface area contributed by atoms with Crippen LogP contribution in [0.25, 0.3) is 10.9 Å². The van der Waals surface area contributed by atoms with E-state index in [2.05, 4.69) is 27.9 Å². The van der Waals surface area contributed by atoms with E-state index in [9.17, 15) is 14.7 Å². The number of hydrogen-bond acceptors (Lipinski definition) is 6. The van der Waals surface area contributed by atoms with Crippen molar-refractivity contribution < 1.29 is 19.4 Å². The number of pyridine rings is 1. The average Bonchev–Trinajstić information content (AvgIpc) is 3.30. The van der Waals surface area contributed by atoms with E-state index in [0.29, 0.717) is 23.4 Å². The SMILES string of the molecule is Cn1cc2ccc(C(=O)NC(Cc3ccc(OCCCc4ccc5c(n4)NCCC5)cc3)C(=O)O)cc2n1. The van der Waals surface area contributed by atoms with Gasteiger partial charge in [-0.25, -0.2) is 9.78 Å². The van der Waals surface area contributed by atoms with Gasteiger partial charge in [0.2, 0.25) is 0 Å². The van der Waals surface area contributed by atoms with Gasteiger partial charge >= 0.3 is 5.97 Å². The van der Waals surface area contributed by atoms with Gasteiger partial charge in [-0.2, -0.15) is 5.10 Å². The van der Waals surface area contributed by atoms with Crippen molar-refractivity contribution in [2.75, 3.05) is 18.5 Å². The Morgan fingerprint density at radius 1 is 1.16 bits per heavy atom. The zero-order chi connectivity index (χ0) is 26.5. The molecule has 1 aliphatic heterocycles. The van der Waals surface area contributed by atoms with E-state index in [0.717, 1.165) is 54.7 Å². The maximum Gasteiger partial charge on any atom is 0.326 e. The number of aromatic nitrogens is 3. The molecule has 9 nitrogen and oxygen atoms in total. The minimum atomic E-state index is -1.09. The Morgan fingerprint density at radius 2 is 2.00 bits per heavy atom. The molecule has 1 unspecified atom stereocenters. The summed E-state index contributed by atoms with van der Waals surface area (Å²) in [5.41, 5.74) is 4.17. The fraction of sp³-hybridized carbons (Fsp3) is 0.310. The summed E-state index contributed by atoms with van der Waals surface area (Å²) in [4.78, 5) is 29.3. The second kappa shape index (κ2) is 11.3. The van der Waals surface area contributed by atoms with Gasteiger partial charge in [0.05, 0.1) is 12.1 Å². The predicted molar refractivity (Wildman–Crippen MR) is 145 cm³/mol. The van der Waals surface area contributed by atoms with Crippen LogP contribution in [-0.4, -0.2) is 50.9 Å². The quantitative estimate of drug-likeness (QED) is 0.276. The highest BCUT2D eigenvalue weighted by Gasteiger charge is 2.21. The molecule has 3 N–H and O–H groups in total. The van der Waals surface area contributed by atoms with Gasteiger partial charge in [-0.05, 0) is 67.1 Å². The van der Waals surface area contributed by atoms with E-state index in [4.69, 9.17) is 9.72 Å². The number of carboxylic acids is 1. The van der Waals surface area contributed by atoms with E-state index in [1.54, 1.807) is 22.9 Å². The number of ether oxygens (including phenoxy) is 1. The normalized spacial score (nSPS) is 13.4. The number of benzene rings is 2. The van der Waals surface area contributed by atoms with Gasteiger partial charge in [0, 0.05) is 42.9 Å². The lowest BCUT2D eigenvalue weighted by molar-refractivity contribution is -0.139. The molecule has 3 heterocycles. The molecule has 0 saturated heterocycles. The van der Waals surface area contributed by atoms with Crippen molar-refractivity contribution in [3.05, 3.63) is 83.2 Å². The topological polar surface area (TPSA) is 118 Å². The van der Waals surface area contributed by atoms with Gasteiger partial charge in [-0.15, -0.1) is 0 Å². The van der Waals surface area contributed by atoms with Crippen LogP contribution in [0.4, 0.5) is 5.82 Å². The average molecular weight is 514 g/mol. The minimum absolute atomic E-state index is 0.158. The number of nitrogens with one attached hydrogen (secondary N) is 2. The van der Waals surface area contributed by atoms with E-state index >= 15 is 0 Å². The van der Waals surface area contributed by atoms with Gasteiger partial charge in [0.15, 0.2) is 0 Å². The third-order valence-electron chi connectivity index (χ3n) is 6.65. The van der Waals surface area contributed by atoms with E-state index in [-0.39, 0.29) is 6.42 Å². The Hall–Kier alpha value is -4.40. The first kappa shape index (κ1) is 25.3. The summed E-state index contributed by atoms with van der Waals surface area (Å²) in [5, 5.41) is 20.9. The largest absolute Gasteiger partial charge is 0.494 e. The number of anilines is 1. The highest BCUT2D eigenvalue weighted by molar-refractivity contribution is 5.99. The molecular weight excluding hydrogens is 482 g/mol. The van der Waals surface area contributed by atoms with E-state index in [1.807, 2.05) is 37.5 Å². The number of hydrogen-bond donors (Lipinski definition) is 3. The lowest BCUT2D eigenvalue weighted by atomic mass is 10.0. The number of rotatable bonds is 10. The van der Waals surface area contributed by atoms with Crippen molar-refractivity contribution in [1.29, 1.82) is 0 Å². The molecule has 196 valence electrons. The molecule has 0 fully saturated rings. The van der Waals surface area contributed by atoms with Crippen molar-refractivity contribution in [1.82, 2.24) is 20.1 Å². The summed E-state index contributed by atoms with van der Waals surface area (Å²) in [7, 11) is 1.81. The number of carbonyl (C=O) groups is 2. The third kappa shape index (κ3) is 6.11. The Balaban J connectivity index is 1.11. The monoisotopic (exact) mass is 513 g/mol. The molecule has 2 aromatic carbocycles. The zero-order valence-electron chi connectivity index (χ0n) is 21.3. The molecular formula is C29H31N5O4. The molecule has 0 spiro atoms. The van der Waals surface area contributed by atoms with Crippen LogP contribution in [0.2, 0.25) is 0 Å². The number of carbonyl (C=O) groups excluding carboxylic acids is 1. The molecule has 38 heavy (non-hydrogen) atoms. The predicted octanol–water partition coefficient (Wildman–Crippen LogP) is 3.76. The van der Waals surface area contributed by atoms with Gasteiger partial charge in [-0.3, -0.25) is 9.48 Å². The summed E-state index contributed by atoms with van der Waals surface area (Å²) >= 11 is 0. The van der Waals surface area contributed by atoms with E-state index in [1.165, 1.54) is 5.56 Å². The lowest BCUT2D eigenvalue weighted by Crippen LogP contribution is -2.42. The summed E-state index contributed by atoms with van der Waals surface area (Å²) in [5.74, 6) is 0.182. The van der Waals surface area contributed by atoms with Gasteiger partial charge in [0.25, 0.3) is 5.91 Å². The second-order valence-corrected chi connectivity index (χ2v) is 9.58. The Bertz CT molecular complexity index is 1450. The van der Waals surface area contributed by atoms with Crippen LogP contribution in [-0.2, 0) is 31.1 Å². The summed E-state index contributed by atoms with van der Waals surface area (Å²) in [6.07, 6.45) is 5.91. The fourth-order valence-corrected chi connectivity index (χ4v) is 4.63. The molecule has 0 bridgehead atoms. The molecule has 2 aromatic heterocycles. The van der Waals surface area contributed by atoms with Crippen molar-refractivity contribution in [2.24, 2.45) is 7.05 Å². The maximum atomic E-state index is 12.7. The summed E-state index contributed by atoms with van der Waals surface area (Å²) in [6.45, 7) is 1.53. The van der Waals surface area contributed by atoms with Crippen LogP contribution in [0.15, 0.2) is 60.8 Å². The third-order valence-corrected chi connectivity index (χ3v) is 6.65. The molecule has 4 aromatic rings. The molecule has 9 heteroatoms. The number of fused-ring (bicyclic) bond motifs is 2. The summed E-state index contributed by atoms with van der Waals surface area (Å²) in [6, 6.07) is 15.6. The maximum absolute atomic E-state index is 12.7. The van der Waals surface area contributed by atoms with Crippen LogP contribution in [0.5, 0.6) is 5.75 Å². The lowest BCUT2D eigenvalue weighted by Gasteiger charge is -2.17. The van der Waals surface area contributed by atoms with Crippen LogP contribution in [0, 0.1) is 0 Å². The number of amides is 1. The highest BCUT2D eigenvalue weighted by Crippen LogP contribution is 2.20. The minimum Gasteiger partial charge on any atom is -0.494 e. The van der Waals surface area contributed by atoms with E-state index < -0.39 is 17.9 Å². The number of aryl methyl sites for hydroxylation is 3. The summed E-state index contributed by atoms with van der Waals surface area (Å²) < 4.78 is 7.54. The molecule has 1 atom stereocenters. The number of aliphatic carboxylic acids is 1.